The van der Waals surface area contributed by atoms with Gasteiger partial charge in [0.25, 0.3) is 0 Å². The third-order valence-corrected chi connectivity index (χ3v) is 5.93. The SMILES string of the molecule is Clc1cccc(-n2c(-c3ccc(Br)cc3)cnc2SCc2ccccc2)c1. The summed E-state index contributed by atoms with van der Waals surface area (Å²) in [6.07, 6.45) is 1.93. The molecule has 0 saturated heterocycles. The molecular weight excluding hydrogens is 440 g/mol. The van der Waals surface area contributed by atoms with E-state index in [2.05, 4.69) is 63.0 Å². The highest BCUT2D eigenvalue weighted by Crippen LogP contribution is 2.32. The van der Waals surface area contributed by atoms with Crippen molar-refractivity contribution in [1.82, 2.24) is 9.55 Å². The molecule has 0 N–H and O–H groups in total. The van der Waals surface area contributed by atoms with Gasteiger partial charge in [-0.05, 0) is 35.9 Å². The van der Waals surface area contributed by atoms with Crippen LogP contribution in [0.5, 0.6) is 0 Å². The van der Waals surface area contributed by atoms with Gasteiger partial charge in [0.1, 0.15) is 0 Å². The Kier molecular flexibility index (Phi) is 5.67. The number of imidazole rings is 1. The molecule has 0 fully saturated rings. The molecule has 0 amide bonds. The number of benzene rings is 3. The number of halogens is 2. The van der Waals surface area contributed by atoms with Crippen LogP contribution in [0.2, 0.25) is 5.02 Å². The van der Waals surface area contributed by atoms with Gasteiger partial charge in [-0.25, -0.2) is 4.98 Å². The number of thioether (sulfide) groups is 1. The van der Waals surface area contributed by atoms with E-state index in [0.29, 0.717) is 5.02 Å². The zero-order chi connectivity index (χ0) is 18.6. The molecule has 0 aliphatic rings. The van der Waals surface area contributed by atoms with E-state index < -0.39 is 0 Å². The van der Waals surface area contributed by atoms with Gasteiger partial charge in [0.2, 0.25) is 0 Å². The summed E-state index contributed by atoms with van der Waals surface area (Å²) in [5.74, 6) is 0.859. The van der Waals surface area contributed by atoms with E-state index in [1.165, 1.54) is 5.56 Å². The number of nitrogens with zero attached hydrogens (tertiary/aromatic N) is 2. The fourth-order valence-corrected chi connectivity index (χ4v) is 4.25. The van der Waals surface area contributed by atoms with Gasteiger partial charge in [-0.15, -0.1) is 0 Å². The molecule has 0 atom stereocenters. The van der Waals surface area contributed by atoms with Gasteiger partial charge in [0, 0.05) is 26.5 Å². The Bertz CT molecular complexity index is 1050. The molecule has 0 aliphatic heterocycles. The fraction of sp³-hybridized carbons (Fsp3) is 0.0455. The van der Waals surface area contributed by atoms with Gasteiger partial charge >= 0.3 is 0 Å². The first-order chi connectivity index (χ1) is 13.2. The van der Waals surface area contributed by atoms with Crippen LogP contribution in [-0.4, -0.2) is 9.55 Å². The van der Waals surface area contributed by atoms with Crippen molar-refractivity contribution in [2.24, 2.45) is 0 Å². The summed E-state index contributed by atoms with van der Waals surface area (Å²) in [7, 11) is 0. The van der Waals surface area contributed by atoms with Gasteiger partial charge in [-0.2, -0.15) is 0 Å². The summed E-state index contributed by atoms with van der Waals surface area (Å²) >= 11 is 11.5. The number of hydrogen-bond donors (Lipinski definition) is 0. The molecule has 0 aliphatic carbocycles. The predicted octanol–water partition coefficient (Wildman–Crippen LogP) is 7.25. The minimum absolute atomic E-state index is 0.710. The molecule has 2 nitrogen and oxygen atoms in total. The molecule has 1 aromatic heterocycles. The van der Waals surface area contributed by atoms with Crippen molar-refractivity contribution < 1.29 is 0 Å². The molecule has 5 heteroatoms. The molecule has 4 rings (SSSR count). The number of aromatic nitrogens is 2. The topological polar surface area (TPSA) is 17.8 Å². The number of rotatable bonds is 5. The van der Waals surface area contributed by atoms with Gasteiger partial charge in [-0.3, -0.25) is 4.57 Å². The van der Waals surface area contributed by atoms with Crippen molar-refractivity contribution in [2.75, 3.05) is 0 Å². The summed E-state index contributed by atoms with van der Waals surface area (Å²) in [4.78, 5) is 4.71. The summed E-state index contributed by atoms with van der Waals surface area (Å²) in [5, 5.41) is 1.65. The monoisotopic (exact) mass is 454 g/mol. The average Bonchev–Trinajstić information content (AvgIpc) is 3.12. The van der Waals surface area contributed by atoms with E-state index in [9.17, 15) is 0 Å². The Morgan fingerprint density at radius 3 is 2.44 bits per heavy atom. The van der Waals surface area contributed by atoms with Crippen molar-refractivity contribution in [3.05, 3.63) is 100 Å². The van der Waals surface area contributed by atoms with Crippen molar-refractivity contribution >= 4 is 39.3 Å². The van der Waals surface area contributed by atoms with E-state index in [0.717, 1.165) is 32.3 Å². The number of hydrogen-bond acceptors (Lipinski definition) is 2. The summed E-state index contributed by atoms with van der Waals surface area (Å²) in [6.45, 7) is 0. The molecule has 0 spiro atoms. The molecule has 3 aromatic carbocycles. The summed E-state index contributed by atoms with van der Waals surface area (Å²) in [5.41, 5.74) is 4.43. The molecule has 134 valence electrons. The van der Waals surface area contributed by atoms with E-state index >= 15 is 0 Å². The predicted molar refractivity (Wildman–Crippen MR) is 118 cm³/mol. The van der Waals surface area contributed by atoms with Gasteiger partial charge in [0.15, 0.2) is 5.16 Å². The van der Waals surface area contributed by atoms with Gasteiger partial charge < -0.3 is 0 Å². The van der Waals surface area contributed by atoms with Crippen molar-refractivity contribution in [3.8, 4) is 16.9 Å². The highest BCUT2D eigenvalue weighted by molar-refractivity contribution is 9.10. The first kappa shape index (κ1) is 18.4. The van der Waals surface area contributed by atoms with Gasteiger partial charge in [0.05, 0.1) is 11.9 Å². The van der Waals surface area contributed by atoms with Crippen LogP contribution in [0.1, 0.15) is 5.56 Å². The average molecular weight is 456 g/mol. The Morgan fingerprint density at radius 2 is 1.70 bits per heavy atom. The second-order valence-electron chi connectivity index (χ2n) is 6.02. The highest BCUT2D eigenvalue weighted by atomic mass is 79.9. The highest BCUT2D eigenvalue weighted by Gasteiger charge is 2.14. The van der Waals surface area contributed by atoms with Crippen LogP contribution in [0.25, 0.3) is 16.9 Å². The molecule has 0 unspecified atom stereocenters. The molecule has 4 aromatic rings. The Labute approximate surface area is 176 Å². The largest absolute Gasteiger partial charge is 0.287 e. The van der Waals surface area contributed by atoms with Crippen LogP contribution >= 0.6 is 39.3 Å². The maximum atomic E-state index is 6.26. The molecular formula is C22H16BrClN2S. The van der Waals surface area contributed by atoms with E-state index in [1.54, 1.807) is 11.8 Å². The van der Waals surface area contributed by atoms with Crippen LogP contribution in [0.15, 0.2) is 94.7 Å². The van der Waals surface area contributed by atoms with Crippen molar-refractivity contribution in [2.45, 2.75) is 10.9 Å². The van der Waals surface area contributed by atoms with Crippen LogP contribution in [0.3, 0.4) is 0 Å². The standard InChI is InChI=1S/C22H16BrClN2S/c23-18-11-9-17(10-12-18)21-14-25-22(27-15-16-5-2-1-3-6-16)26(21)20-8-4-7-19(24)13-20/h1-14H,15H2. The maximum Gasteiger partial charge on any atom is 0.173 e. The fourth-order valence-electron chi connectivity index (χ4n) is 2.85. The summed E-state index contributed by atoms with van der Waals surface area (Å²) < 4.78 is 3.22. The van der Waals surface area contributed by atoms with E-state index in [-0.39, 0.29) is 0 Å². The second-order valence-corrected chi connectivity index (χ2v) is 8.32. The lowest BCUT2D eigenvalue weighted by molar-refractivity contribution is 0.900. The minimum Gasteiger partial charge on any atom is -0.287 e. The normalized spacial score (nSPS) is 10.9. The molecule has 1 heterocycles. The lowest BCUT2D eigenvalue weighted by Crippen LogP contribution is -1.99. The molecule has 0 saturated carbocycles. The smallest absolute Gasteiger partial charge is 0.173 e. The summed E-state index contributed by atoms with van der Waals surface area (Å²) in [6, 6.07) is 26.6. The molecule has 0 radical (unpaired) electrons. The molecule has 27 heavy (non-hydrogen) atoms. The minimum atomic E-state index is 0.710. The first-order valence-electron chi connectivity index (χ1n) is 8.47. The van der Waals surface area contributed by atoms with Crippen molar-refractivity contribution in [1.29, 1.82) is 0 Å². The zero-order valence-electron chi connectivity index (χ0n) is 14.3. The third-order valence-electron chi connectivity index (χ3n) is 4.15. The van der Waals surface area contributed by atoms with Crippen molar-refractivity contribution in [3.63, 3.8) is 0 Å². The van der Waals surface area contributed by atoms with E-state index in [1.807, 2.05) is 42.6 Å². The lowest BCUT2D eigenvalue weighted by atomic mass is 10.1. The van der Waals surface area contributed by atoms with Crippen LogP contribution in [0.4, 0.5) is 0 Å². The van der Waals surface area contributed by atoms with E-state index in [4.69, 9.17) is 16.6 Å². The zero-order valence-corrected chi connectivity index (χ0v) is 17.5. The van der Waals surface area contributed by atoms with Crippen LogP contribution in [0, 0.1) is 0 Å². The Balaban J connectivity index is 1.76. The second kappa shape index (κ2) is 8.34. The lowest BCUT2D eigenvalue weighted by Gasteiger charge is -2.13. The Hall–Kier alpha value is -2.01. The Morgan fingerprint density at radius 1 is 0.926 bits per heavy atom. The maximum absolute atomic E-state index is 6.26. The quantitative estimate of drug-likeness (QED) is 0.295. The van der Waals surface area contributed by atoms with Crippen LogP contribution < -0.4 is 0 Å². The van der Waals surface area contributed by atoms with Crippen LogP contribution in [-0.2, 0) is 5.75 Å². The first-order valence-corrected chi connectivity index (χ1v) is 10.6. The third kappa shape index (κ3) is 4.29. The van der Waals surface area contributed by atoms with Gasteiger partial charge in [-0.1, -0.05) is 87.8 Å². The molecule has 0 bridgehead atoms.